The second-order valence-corrected chi connectivity index (χ2v) is 6.86. The van der Waals surface area contributed by atoms with Crippen molar-refractivity contribution < 1.29 is 0 Å². The molecule has 0 unspecified atom stereocenters. The van der Waals surface area contributed by atoms with Gasteiger partial charge in [-0.05, 0) is 19.4 Å². The molecule has 1 heterocycles. The van der Waals surface area contributed by atoms with Gasteiger partial charge in [0.25, 0.3) is 0 Å². The molecule has 1 fully saturated rings. The van der Waals surface area contributed by atoms with Crippen LogP contribution < -0.4 is 5.32 Å². The maximum absolute atomic E-state index is 3.44. The van der Waals surface area contributed by atoms with E-state index in [1.807, 2.05) is 0 Å². The second-order valence-electron chi connectivity index (χ2n) is 3.21. The van der Waals surface area contributed by atoms with E-state index in [0.717, 1.165) is 3.92 Å². The molecule has 1 N–H and O–H groups in total. The third kappa shape index (κ3) is 2.69. The minimum Gasteiger partial charge on any atom is -0.316 e. The summed E-state index contributed by atoms with van der Waals surface area (Å²) < 4.78 is 1.40. The minimum atomic E-state index is 0.582. The Bertz CT molecular complexity index is 125. The molecule has 1 rings (SSSR count). The van der Waals surface area contributed by atoms with Crippen LogP contribution in [0.5, 0.6) is 0 Å². The molecule has 2 atom stereocenters. The Hall–Kier alpha value is 1.42. The molecule has 1 aliphatic heterocycles. The molecule has 0 aliphatic carbocycles. The van der Waals surface area contributed by atoms with Crippen LogP contribution in [0.25, 0.3) is 0 Å². The molecule has 0 aromatic rings. The van der Waals surface area contributed by atoms with Gasteiger partial charge in [0.1, 0.15) is 0 Å². The van der Waals surface area contributed by atoms with Crippen LogP contribution in [0.4, 0.5) is 0 Å². The summed E-state index contributed by atoms with van der Waals surface area (Å²) in [4.78, 5) is 0. The van der Waals surface area contributed by atoms with Crippen molar-refractivity contribution in [2.24, 2.45) is 0 Å². The van der Waals surface area contributed by atoms with Crippen LogP contribution in [0.15, 0.2) is 0 Å². The van der Waals surface area contributed by atoms with E-state index in [9.17, 15) is 0 Å². The molecule has 66 valence electrons. The number of hydrogen-bond donors (Lipinski definition) is 1. The zero-order valence-electron chi connectivity index (χ0n) is 6.87. The van der Waals surface area contributed by atoms with Crippen LogP contribution >= 0.6 is 45.2 Å². The Morgan fingerprint density at radius 2 is 2.36 bits per heavy atom. The molecule has 11 heavy (non-hydrogen) atoms. The van der Waals surface area contributed by atoms with E-state index in [1.54, 1.807) is 0 Å². The van der Waals surface area contributed by atoms with Gasteiger partial charge in [-0.2, -0.15) is 0 Å². The Morgan fingerprint density at radius 1 is 1.64 bits per heavy atom. The monoisotopic (exact) mass is 379 g/mol. The summed E-state index contributed by atoms with van der Waals surface area (Å²) in [7, 11) is 0. The molecular weight excluding hydrogens is 364 g/mol. The van der Waals surface area contributed by atoms with Crippen LogP contribution in [-0.4, -0.2) is 20.4 Å². The fraction of sp³-hybridized carbons (Fsp3) is 1.00. The van der Waals surface area contributed by atoms with Gasteiger partial charge < -0.3 is 5.32 Å². The van der Waals surface area contributed by atoms with Crippen LogP contribution in [0.2, 0.25) is 0 Å². The van der Waals surface area contributed by atoms with Crippen molar-refractivity contribution in [3.63, 3.8) is 0 Å². The number of hydrogen-bond acceptors (Lipinski definition) is 1. The highest BCUT2D eigenvalue weighted by Gasteiger charge is 2.35. The molecule has 0 radical (unpaired) electrons. The highest BCUT2D eigenvalue weighted by Crippen LogP contribution is 2.38. The third-order valence-corrected chi connectivity index (χ3v) is 6.92. The largest absolute Gasteiger partial charge is 0.316 e. The quantitative estimate of drug-likeness (QED) is 0.575. The van der Waals surface area contributed by atoms with Crippen molar-refractivity contribution in [2.45, 2.75) is 33.5 Å². The Balaban J connectivity index is 2.49. The molecule has 1 nitrogen and oxygen atoms in total. The number of rotatable bonds is 2. The highest BCUT2D eigenvalue weighted by atomic mass is 127. The zero-order valence-corrected chi connectivity index (χ0v) is 11.2. The molecular formula is C8H15I2N. The second kappa shape index (κ2) is 4.60. The number of halogens is 2. The van der Waals surface area contributed by atoms with Gasteiger partial charge in [-0.1, -0.05) is 58.5 Å². The zero-order chi connectivity index (χ0) is 8.32. The van der Waals surface area contributed by atoms with Gasteiger partial charge in [0.2, 0.25) is 0 Å². The molecule has 0 bridgehead atoms. The lowest BCUT2D eigenvalue weighted by Gasteiger charge is -2.37. The number of piperidine rings is 1. The summed E-state index contributed by atoms with van der Waals surface area (Å²) in [5, 5.41) is 3.44. The Morgan fingerprint density at radius 3 is 2.91 bits per heavy atom. The topological polar surface area (TPSA) is 12.0 Å². The molecule has 0 aromatic carbocycles. The highest BCUT2D eigenvalue weighted by molar-refractivity contribution is 14.1. The van der Waals surface area contributed by atoms with Gasteiger partial charge in [0, 0.05) is 13.9 Å². The van der Waals surface area contributed by atoms with Crippen LogP contribution in [0, 0.1) is 0 Å². The van der Waals surface area contributed by atoms with Gasteiger partial charge >= 0.3 is 0 Å². The van der Waals surface area contributed by atoms with Crippen LogP contribution in [-0.2, 0) is 0 Å². The standard InChI is InChI=1S/C8H15I2N/c1-2-3-8(10)4-5-11-6-7(8)9/h7,11H,2-6H2,1H3/t7-,8+/m1/s1. The fourth-order valence-corrected chi connectivity index (χ4v) is 3.53. The minimum absolute atomic E-state index is 0.582. The first kappa shape index (κ1) is 10.5. The van der Waals surface area contributed by atoms with E-state index in [1.165, 1.54) is 32.4 Å². The lowest BCUT2D eigenvalue weighted by molar-refractivity contribution is 0.429. The van der Waals surface area contributed by atoms with E-state index < -0.39 is 0 Å². The number of alkyl halides is 2. The van der Waals surface area contributed by atoms with Crippen molar-refractivity contribution in [2.75, 3.05) is 13.1 Å². The van der Waals surface area contributed by atoms with Gasteiger partial charge in [0.15, 0.2) is 0 Å². The molecule has 0 saturated carbocycles. The first-order valence-corrected chi connectivity index (χ1v) is 6.55. The Kier molecular flexibility index (Phi) is 4.39. The third-order valence-electron chi connectivity index (χ3n) is 2.27. The summed E-state index contributed by atoms with van der Waals surface area (Å²) in [5.41, 5.74) is 0. The van der Waals surface area contributed by atoms with E-state index >= 15 is 0 Å². The van der Waals surface area contributed by atoms with Crippen molar-refractivity contribution in [1.29, 1.82) is 0 Å². The first-order valence-electron chi connectivity index (χ1n) is 4.23. The number of nitrogens with one attached hydrogen (secondary N) is 1. The van der Waals surface area contributed by atoms with E-state index in [-0.39, 0.29) is 0 Å². The molecule has 3 heteroatoms. The summed E-state index contributed by atoms with van der Waals surface area (Å²) in [5.74, 6) is 0. The SMILES string of the molecule is CCC[C@]1(I)CCNC[C@H]1I. The molecule has 1 aliphatic rings. The molecule has 0 amide bonds. The normalized spacial score (nSPS) is 39.0. The van der Waals surface area contributed by atoms with Crippen molar-refractivity contribution in [3.05, 3.63) is 0 Å². The van der Waals surface area contributed by atoms with Gasteiger partial charge in [-0.25, -0.2) is 0 Å². The summed E-state index contributed by atoms with van der Waals surface area (Å²) >= 11 is 5.26. The predicted octanol–water partition coefficient (Wildman–Crippen LogP) is 2.76. The van der Waals surface area contributed by atoms with Gasteiger partial charge in [0.05, 0.1) is 0 Å². The van der Waals surface area contributed by atoms with Crippen LogP contribution in [0.1, 0.15) is 26.2 Å². The lowest BCUT2D eigenvalue weighted by Crippen LogP contribution is -2.46. The average molecular weight is 379 g/mol. The Labute approximate surface area is 96.4 Å². The maximum Gasteiger partial charge on any atom is 0.0381 e. The predicted molar refractivity (Wildman–Crippen MR) is 67.0 cm³/mol. The molecule has 0 spiro atoms. The van der Waals surface area contributed by atoms with E-state index in [4.69, 9.17) is 0 Å². The molecule has 0 aromatic heterocycles. The van der Waals surface area contributed by atoms with Crippen molar-refractivity contribution >= 4 is 45.2 Å². The van der Waals surface area contributed by atoms with Crippen molar-refractivity contribution in [3.8, 4) is 0 Å². The summed E-state index contributed by atoms with van der Waals surface area (Å²) in [6.45, 7) is 4.69. The van der Waals surface area contributed by atoms with Crippen LogP contribution in [0.3, 0.4) is 0 Å². The summed E-state index contributed by atoms with van der Waals surface area (Å²) in [6.07, 6.45) is 4.04. The average Bonchev–Trinajstić information content (AvgIpc) is 1.96. The van der Waals surface area contributed by atoms with E-state index in [2.05, 4.69) is 57.4 Å². The summed E-state index contributed by atoms with van der Waals surface area (Å²) in [6, 6.07) is 0. The van der Waals surface area contributed by atoms with Gasteiger partial charge in [-0.15, -0.1) is 0 Å². The first-order chi connectivity index (χ1) is 5.19. The fourth-order valence-electron chi connectivity index (χ4n) is 1.56. The van der Waals surface area contributed by atoms with E-state index in [0.29, 0.717) is 3.42 Å². The molecule has 1 saturated heterocycles. The lowest BCUT2D eigenvalue weighted by atomic mass is 9.93. The maximum atomic E-state index is 3.44. The van der Waals surface area contributed by atoms with Crippen molar-refractivity contribution in [1.82, 2.24) is 5.32 Å². The smallest absolute Gasteiger partial charge is 0.0381 e. The van der Waals surface area contributed by atoms with Gasteiger partial charge in [-0.3, -0.25) is 0 Å².